The Balaban J connectivity index is 1.49. The Morgan fingerprint density at radius 1 is 1.45 bits per heavy atom. The van der Waals surface area contributed by atoms with E-state index in [2.05, 4.69) is 20.2 Å². The molecule has 20 heavy (non-hydrogen) atoms. The predicted molar refractivity (Wildman–Crippen MR) is 76.5 cm³/mol. The fraction of sp³-hybridized carbons (Fsp3) is 0.467. The number of aromatic amines is 1. The molecule has 2 N–H and O–H groups in total. The van der Waals surface area contributed by atoms with Gasteiger partial charge in [0.1, 0.15) is 5.69 Å². The van der Waals surface area contributed by atoms with Crippen LogP contribution < -0.4 is 5.32 Å². The minimum absolute atomic E-state index is 0.0550. The van der Waals surface area contributed by atoms with Crippen LogP contribution in [0.4, 0.5) is 0 Å². The zero-order valence-corrected chi connectivity index (χ0v) is 11.3. The van der Waals surface area contributed by atoms with Crippen LogP contribution in [0, 0.1) is 5.92 Å². The molecule has 5 nitrogen and oxygen atoms in total. The number of carbonyl (C=O) groups excluding carboxylic acids is 1. The van der Waals surface area contributed by atoms with Gasteiger partial charge in [0.2, 0.25) is 0 Å². The van der Waals surface area contributed by atoms with Gasteiger partial charge >= 0.3 is 0 Å². The lowest BCUT2D eigenvalue weighted by Crippen LogP contribution is -2.47. The Hall–Kier alpha value is -1.88. The van der Waals surface area contributed by atoms with Gasteiger partial charge in [-0.15, -0.1) is 0 Å². The van der Waals surface area contributed by atoms with Crippen LogP contribution in [0.15, 0.2) is 24.5 Å². The molecule has 1 unspecified atom stereocenters. The zero-order valence-electron chi connectivity index (χ0n) is 11.3. The highest BCUT2D eigenvalue weighted by Gasteiger charge is 2.33. The summed E-state index contributed by atoms with van der Waals surface area (Å²) < 4.78 is 0. The topological polar surface area (TPSA) is 61.0 Å². The maximum atomic E-state index is 12.3. The molecule has 2 fully saturated rings. The average molecular weight is 270 g/mol. The largest absolute Gasteiger partial charge is 0.360 e. The summed E-state index contributed by atoms with van der Waals surface area (Å²) in [7, 11) is 0. The summed E-state index contributed by atoms with van der Waals surface area (Å²) in [5, 5.41) is 4.17. The van der Waals surface area contributed by atoms with Crippen molar-refractivity contribution in [3.05, 3.63) is 30.2 Å². The van der Waals surface area contributed by atoms with Crippen LogP contribution in [-0.2, 0) is 0 Å². The molecule has 2 aliphatic rings. The molecule has 5 heteroatoms. The van der Waals surface area contributed by atoms with E-state index in [4.69, 9.17) is 0 Å². The Morgan fingerprint density at radius 2 is 2.40 bits per heavy atom. The molecule has 0 spiro atoms. The van der Waals surface area contributed by atoms with Crippen molar-refractivity contribution in [2.45, 2.75) is 18.9 Å². The lowest BCUT2D eigenvalue weighted by Gasteiger charge is -2.30. The van der Waals surface area contributed by atoms with Gasteiger partial charge in [0.05, 0.1) is 11.7 Å². The summed E-state index contributed by atoms with van der Waals surface area (Å²) in [6.07, 6.45) is 5.97. The first-order valence-electron chi connectivity index (χ1n) is 7.24. The monoisotopic (exact) mass is 270 g/mol. The summed E-state index contributed by atoms with van der Waals surface area (Å²) in [6.45, 7) is 3.37. The van der Waals surface area contributed by atoms with E-state index in [0.29, 0.717) is 5.69 Å². The number of carbonyl (C=O) groups is 1. The van der Waals surface area contributed by atoms with E-state index in [1.54, 1.807) is 6.20 Å². The third kappa shape index (κ3) is 2.08. The molecular formula is C15H18N4O. The number of hydrogen-bond acceptors (Lipinski definition) is 3. The van der Waals surface area contributed by atoms with E-state index in [1.807, 2.05) is 18.3 Å². The van der Waals surface area contributed by atoms with E-state index < -0.39 is 0 Å². The number of nitrogens with zero attached hydrogens (tertiary/aromatic N) is 2. The molecule has 0 saturated carbocycles. The fourth-order valence-electron chi connectivity index (χ4n) is 3.50. The van der Waals surface area contributed by atoms with Crippen molar-refractivity contribution in [3.63, 3.8) is 0 Å². The smallest absolute Gasteiger partial charge is 0.270 e. The number of aromatic nitrogens is 2. The first kappa shape index (κ1) is 11.9. The molecule has 2 aliphatic heterocycles. The molecule has 4 rings (SSSR count). The Kier molecular flexibility index (Phi) is 2.73. The molecule has 2 saturated heterocycles. The van der Waals surface area contributed by atoms with Crippen LogP contribution in [0.5, 0.6) is 0 Å². The fourth-order valence-corrected chi connectivity index (χ4v) is 3.50. The van der Waals surface area contributed by atoms with Gasteiger partial charge < -0.3 is 15.2 Å². The van der Waals surface area contributed by atoms with Crippen LogP contribution in [0.1, 0.15) is 23.3 Å². The third-order valence-electron chi connectivity index (χ3n) is 4.47. The number of pyridine rings is 1. The molecule has 104 valence electrons. The van der Waals surface area contributed by atoms with Crippen LogP contribution in [0.3, 0.4) is 0 Å². The molecule has 0 aromatic carbocycles. The van der Waals surface area contributed by atoms with Crippen molar-refractivity contribution in [3.8, 4) is 0 Å². The summed E-state index contributed by atoms with van der Waals surface area (Å²) in [5.41, 5.74) is 1.47. The number of H-pyrrole nitrogens is 1. The maximum absolute atomic E-state index is 12.3. The standard InChI is InChI=1S/C15H18N4O/c20-15(13-6-11-1-3-16-14(11)7-17-13)18-12-5-10-2-4-19(8-10)9-12/h1,3,6-7,10,12,16H,2,4-5,8-9H2,(H,18,20)/t10-,12+/m0/s1. The van der Waals surface area contributed by atoms with E-state index in [0.717, 1.165) is 29.8 Å². The number of amides is 1. The van der Waals surface area contributed by atoms with Gasteiger partial charge in [-0.3, -0.25) is 4.79 Å². The van der Waals surface area contributed by atoms with Crippen molar-refractivity contribution in [1.82, 2.24) is 20.2 Å². The highest BCUT2D eigenvalue weighted by molar-refractivity contribution is 5.95. The van der Waals surface area contributed by atoms with E-state index >= 15 is 0 Å². The molecule has 0 aliphatic carbocycles. The molecular weight excluding hydrogens is 252 g/mol. The third-order valence-corrected chi connectivity index (χ3v) is 4.47. The highest BCUT2D eigenvalue weighted by Crippen LogP contribution is 2.26. The van der Waals surface area contributed by atoms with Crippen LogP contribution in [0.2, 0.25) is 0 Å². The number of nitrogens with one attached hydrogen (secondary N) is 2. The number of rotatable bonds is 2. The second-order valence-corrected chi connectivity index (χ2v) is 5.95. The molecule has 2 aromatic rings. The second-order valence-electron chi connectivity index (χ2n) is 5.95. The molecule has 0 radical (unpaired) electrons. The number of fused-ring (bicyclic) bond motifs is 3. The van der Waals surface area contributed by atoms with Crippen molar-refractivity contribution in [2.24, 2.45) is 5.92 Å². The van der Waals surface area contributed by atoms with E-state index in [1.165, 1.54) is 19.5 Å². The minimum atomic E-state index is -0.0550. The van der Waals surface area contributed by atoms with Gasteiger partial charge in [-0.1, -0.05) is 0 Å². The van der Waals surface area contributed by atoms with Gasteiger partial charge in [-0.25, -0.2) is 4.98 Å². The predicted octanol–water partition coefficient (Wildman–Crippen LogP) is 1.39. The molecule has 3 atom stereocenters. The zero-order chi connectivity index (χ0) is 13.5. The SMILES string of the molecule is O=C(N[C@@H]1C[C@@H]2CCN(C2)C1)c1cc2cc[nH]c2cn1. The summed E-state index contributed by atoms with van der Waals surface area (Å²) in [4.78, 5) is 22.1. The second kappa shape index (κ2) is 4.59. The van der Waals surface area contributed by atoms with E-state index in [9.17, 15) is 4.79 Å². The Labute approximate surface area is 117 Å². The highest BCUT2D eigenvalue weighted by atomic mass is 16.1. The molecule has 2 bridgehead atoms. The minimum Gasteiger partial charge on any atom is -0.360 e. The summed E-state index contributed by atoms with van der Waals surface area (Å²) in [6, 6.07) is 4.08. The van der Waals surface area contributed by atoms with Gasteiger partial charge in [0.25, 0.3) is 5.91 Å². The van der Waals surface area contributed by atoms with Crippen LogP contribution >= 0.6 is 0 Å². The van der Waals surface area contributed by atoms with Crippen molar-refractivity contribution < 1.29 is 4.79 Å². The van der Waals surface area contributed by atoms with Crippen LogP contribution in [0.25, 0.3) is 10.9 Å². The number of piperidine rings is 1. The number of hydrogen-bond donors (Lipinski definition) is 2. The average Bonchev–Trinajstić information content (AvgIpc) is 3.04. The van der Waals surface area contributed by atoms with Crippen molar-refractivity contribution >= 4 is 16.8 Å². The lowest BCUT2D eigenvalue weighted by atomic mass is 9.97. The molecule has 4 heterocycles. The first-order valence-corrected chi connectivity index (χ1v) is 7.24. The maximum Gasteiger partial charge on any atom is 0.270 e. The Bertz CT molecular complexity index is 638. The summed E-state index contributed by atoms with van der Waals surface area (Å²) in [5.74, 6) is 0.703. The van der Waals surface area contributed by atoms with Crippen LogP contribution in [-0.4, -0.2) is 46.5 Å². The van der Waals surface area contributed by atoms with Gasteiger partial charge in [0, 0.05) is 30.7 Å². The first-order chi connectivity index (χ1) is 9.78. The van der Waals surface area contributed by atoms with Gasteiger partial charge in [0.15, 0.2) is 0 Å². The summed E-state index contributed by atoms with van der Waals surface area (Å²) >= 11 is 0. The quantitative estimate of drug-likeness (QED) is 0.867. The van der Waals surface area contributed by atoms with Crippen molar-refractivity contribution in [2.75, 3.05) is 19.6 Å². The normalized spacial score (nSPS) is 28.7. The molecule has 2 aromatic heterocycles. The van der Waals surface area contributed by atoms with Gasteiger partial charge in [-0.2, -0.15) is 0 Å². The van der Waals surface area contributed by atoms with Crippen molar-refractivity contribution in [1.29, 1.82) is 0 Å². The van der Waals surface area contributed by atoms with E-state index in [-0.39, 0.29) is 11.9 Å². The Morgan fingerprint density at radius 3 is 3.30 bits per heavy atom. The molecule has 1 amide bonds. The lowest BCUT2D eigenvalue weighted by molar-refractivity contribution is 0.0904. The van der Waals surface area contributed by atoms with Gasteiger partial charge in [-0.05, 0) is 37.4 Å².